The summed E-state index contributed by atoms with van der Waals surface area (Å²) in [7, 11) is 2.19. The minimum Gasteiger partial charge on any atom is -0.381 e. The van der Waals surface area contributed by atoms with Crippen molar-refractivity contribution in [2.75, 3.05) is 46.6 Å². The quantitative estimate of drug-likeness (QED) is 0.623. The van der Waals surface area contributed by atoms with Crippen LogP contribution in [0.2, 0.25) is 0 Å². The van der Waals surface area contributed by atoms with Crippen LogP contribution in [0.25, 0.3) is 0 Å². The molecule has 0 radical (unpaired) electrons. The summed E-state index contributed by atoms with van der Waals surface area (Å²) in [6.07, 6.45) is 2.44. The van der Waals surface area contributed by atoms with Gasteiger partial charge in [-0.05, 0) is 31.7 Å². The van der Waals surface area contributed by atoms with Crippen molar-refractivity contribution in [1.29, 1.82) is 0 Å². The molecule has 0 aromatic carbocycles. The van der Waals surface area contributed by atoms with Gasteiger partial charge in [-0.2, -0.15) is 0 Å². The van der Waals surface area contributed by atoms with E-state index in [0.717, 1.165) is 38.9 Å². The van der Waals surface area contributed by atoms with Crippen LogP contribution in [0.5, 0.6) is 0 Å². The van der Waals surface area contributed by atoms with Crippen molar-refractivity contribution in [2.45, 2.75) is 26.7 Å². The first-order valence-corrected chi connectivity index (χ1v) is 6.52. The maximum absolute atomic E-state index is 5.59. The third kappa shape index (κ3) is 6.46. The van der Waals surface area contributed by atoms with Gasteiger partial charge in [-0.3, -0.25) is 0 Å². The molecule has 0 N–H and O–H groups in total. The highest BCUT2D eigenvalue weighted by Crippen LogP contribution is 2.15. The predicted molar refractivity (Wildman–Crippen MR) is 66.7 cm³/mol. The molecule has 3 heteroatoms. The van der Waals surface area contributed by atoms with Crippen molar-refractivity contribution in [2.24, 2.45) is 11.8 Å². The van der Waals surface area contributed by atoms with Gasteiger partial charge in [-0.25, -0.2) is 0 Å². The van der Waals surface area contributed by atoms with Crippen molar-refractivity contribution in [3.63, 3.8) is 0 Å². The number of hydrogen-bond donors (Lipinski definition) is 0. The van der Waals surface area contributed by atoms with E-state index in [9.17, 15) is 0 Å². The van der Waals surface area contributed by atoms with Gasteiger partial charge in [0.1, 0.15) is 0 Å². The maximum atomic E-state index is 5.59. The molecule has 3 nitrogen and oxygen atoms in total. The molecule has 0 amide bonds. The van der Waals surface area contributed by atoms with Crippen LogP contribution in [-0.2, 0) is 9.47 Å². The maximum Gasteiger partial charge on any atom is 0.0593 e. The highest BCUT2D eigenvalue weighted by atomic mass is 16.5. The summed E-state index contributed by atoms with van der Waals surface area (Å²) in [4.78, 5) is 2.39. The van der Waals surface area contributed by atoms with Gasteiger partial charge in [0, 0.05) is 32.9 Å². The third-order valence-corrected chi connectivity index (χ3v) is 2.98. The second kappa shape index (κ2) is 8.04. The van der Waals surface area contributed by atoms with E-state index in [1.165, 1.54) is 19.4 Å². The monoisotopic (exact) mass is 229 g/mol. The fraction of sp³-hybridized carbons (Fsp3) is 1.00. The minimum atomic E-state index is 0.640. The number of rotatable bonds is 7. The van der Waals surface area contributed by atoms with E-state index in [1.54, 1.807) is 0 Å². The molecule has 1 rings (SSSR count). The van der Waals surface area contributed by atoms with Crippen LogP contribution in [-0.4, -0.2) is 51.5 Å². The van der Waals surface area contributed by atoms with Crippen molar-refractivity contribution in [1.82, 2.24) is 4.90 Å². The number of likely N-dealkylation sites (N-methyl/N-ethyl adjacent to an activating group) is 1. The molecule has 1 aliphatic heterocycles. The van der Waals surface area contributed by atoms with E-state index in [2.05, 4.69) is 25.8 Å². The Hall–Kier alpha value is -0.120. The standard InChI is InChI=1S/C13H27NO2/c1-12(2)11-16-9-6-14(3)10-13-4-7-15-8-5-13/h12-13H,4-11H2,1-3H3. The van der Waals surface area contributed by atoms with Gasteiger partial charge < -0.3 is 14.4 Å². The summed E-state index contributed by atoms with van der Waals surface area (Å²) < 4.78 is 11.0. The highest BCUT2D eigenvalue weighted by Gasteiger charge is 2.15. The van der Waals surface area contributed by atoms with Gasteiger partial charge in [0.15, 0.2) is 0 Å². The van der Waals surface area contributed by atoms with Gasteiger partial charge >= 0.3 is 0 Å². The lowest BCUT2D eigenvalue weighted by Crippen LogP contribution is -2.32. The Morgan fingerprint density at radius 3 is 2.62 bits per heavy atom. The summed E-state index contributed by atoms with van der Waals surface area (Å²) in [5.41, 5.74) is 0. The molecule has 0 atom stereocenters. The molecule has 1 aliphatic rings. The summed E-state index contributed by atoms with van der Waals surface area (Å²) in [5, 5.41) is 0. The second-order valence-corrected chi connectivity index (χ2v) is 5.29. The molecule has 1 heterocycles. The van der Waals surface area contributed by atoms with E-state index in [-0.39, 0.29) is 0 Å². The topological polar surface area (TPSA) is 21.7 Å². The van der Waals surface area contributed by atoms with Crippen molar-refractivity contribution < 1.29 is 9.47 Å². The van der Waals surface area contributed by atoms with Crippen LogP contribution in [0.15, 0.2) is 0 Å². The zero-order valence-corrected chi connectivity index (χ0v) is 11.1. The highest BCUT2D eigenvalue weighted by molar-refractivity contribution is 4.67. The summed E-state index contributed by atoms with van der Waals surface area (Å²) >= 11 is 0. The molecule has 0 bridgehead atoms. The Morgan fingerprint density at radius 2 is 2.00 bits per heavy atom. The molecule has 0 spiro atoms. The molecule has 0 aromatic heterocycles. The van der Waals surface area contributed by atoms with Gasteiger partial charge in [-0.1, -0.05) is 13.8 Å². The molecule has 0 aliphatic carbocycles. The molecule has 16 heavy (non-hydrogen) atoms. The zero-order chi connectivity index (χ0) is 11.8. The van der Waals surface area contributed by atoms with E-state index in [4.69, 9.17) is 9.47 Å². The summed E-state index contributed by atoms with van der Waals surface area (Å²) in [5.74, 6) is 1.46. The average molecular weight is 229 g/mol. The van der Waals surface area contributed by atoms with Crippen LogP contribution in [0.3, 0.4) is 0 Å². The van der Waals surface area contributed by atoms with Gasteiger partial charge in [0.2, 0.25) is 0 Å². The average Bonchev–Trinajstić information content (AvgIpc) is 2.25. The molecular formula is C13H27NO2. The van der Waals surface area contributed by atoms with E-state index < -0.39 is 0 Å². The fourth-order valence-corrected chi connectivity index (χ4v) is 2.00. The zero-order valence-electron chi connectivity index (χ0n) is 11.1. The fourth-order valence-electron chi connectivity index (χ4n) is 2.00. The molecule has 0 aromatic rings. The Labute approximate surface area is 100 Å². The number of ether oxygens (including phenoxy) is 2. The molecule has 1 fully saturated rings. The molecule has 96 valence electrons. The van der Waals surface area contributed by atoms with E-state index in [1.807, 2.05) is 0 Å². The van der Waals surface area contributed by atoms with E-state index in [0.29, 0.717) is 5.92 Å². The Kier molecular flexibility index (Phi) is 7.01. The SMILES string of the molecule is CC(C)COCCN(C)CC1CCOCC1. The minimum absolute atomic E-state index is 0.640. The lowest BCUT2D eigenvalue weighted by atomic mass is 10.00. The Balaban J connectivity index is 1.99. The first-order chi connectivity index (χ1) is 7.68. The summed E-state index contributed by atoms with van der Waals surface area (Å²) in [6.45, 7) is 10.2. The number of hydrogen-bond acceptors (Lipinski definition) is 3. The Bertz CT molecular complexity index is 167. The van der Waals surface area contributed by atoms with Crippen molar-refractivity contribution >= 4 is 0 Å². The molecular weight excluding hydrogens is 202 g/mol. The Morgan fingerprint density at radius 1 is 1.31 bits per heavy atom. The smallest absolute Gasteiger partial charge is 0.0593 e. The first-order valence-electron chi connectivity index (χ1n) is 6.52. The van der Waals surface area contributed by atoms with Gasteiger partial charge in [0.25, 0.3) is 0 Å². The van der Waals surface area contributed by atoms with Crippen LogP contribution in [0.4, 0.5) is 0 Å². The van der Waals surface area contributed by atoms with Crippen LogP contribution >= 0.6 is 0 Å². The lowest BCUT2D eigenvalue weighted by Gasteiger charge is -2.27. The van der Waals surface area contributed by atoms with Crippen LogP contribution in [0.1, 0.15) is 26.7 Å². The van der Waals surface area contributed by atoms with Crippen molar-refractivity contribution in [3.05, 3.63) is 0 Å². The molecule has 0 saturated carbocycles. The third-order valence-electron chi connectivity index (χ3n) is 2.98. The molecule has 0 unspecified atom stereocenters. The van der Waals surface area contributed by atoms with Gasteiger partial charge in [-0.15, -0.1) is 0 Å². The van der Waals surface area contributed by atoms with Gasteiger partial charge in [0.05, 0.1) is 6.61 Å². The van der Waals surface area contributed by atoms with E-state index >= 15 is 0 Å². The van der Waals surface area contributed by atoms with Crippen LogP contribution in [0, 0.1) is 11.8 Å². The summed E-state index contributed by atoms with van der Waals surface area (Å²) in [6, 6.07) is 0. The van der Waals surface area contributed by atoms with Crippen molar-refractivity contribution in [3.8, 4) is 0 Å². The van der Waals surface area contributed by atoms with Crippen LogP contribution < -0.4 is 0 Å². The molecule has 1 saturated heterocycles. The predicted octanol–water partition coefficient (Wildman–Crippen LogP) is 2.02. The second-order valence-electron chi connectivity index (χ2n) is 5.29. The lowest BCUT2D eigenvalue weighted by molar-refractivity contribution is 0.0473. The largest absolute Gasteiger partial charge is 0.381 e. The normalized spacial score (nSPS) is 18.6. The first kappa shape index (κ1) is 13.9. The number of nitrogens with zero attached hydrogens (tertiary/aromatic N) is 1.